The summed E-state index contributed by atoms with van der Waals surface area (Å²) in [4.78, 5) is 0.868. The fourth-order valence-corrected chi connectivity index (χ4v) is 5.30. The lowest BCUT2D eigenvalue weighted by Crippen LogP contribution is -2.35. The van der Waals surface area contributed by atoms with Gasteiger partial charge in [0.05, 0.1) is 11.3 Å². The molecule has 1 aliphatic rings. The average molecular weight is 422 g/mol. The van der Waals surface area contributed by atoms with Gasteiger partial charge >= 0.3 is 0 Å². The molecular formula is C21H24FNO3S2. The number of nitrogens with zero attached hydrogens (tertiary/aromatic N) is 1. The van der Waals surface area contributed by atoms with E-state index in [1.54, 1.807) is 42.8 Å². The second kappa shape index (κ2) is 10.3. The van der Waals surface area contributed by atoms with Crippen LogP contribution < -0.4 is 0 Å². The first kappa shape index (κ1) is 21.2. The van der Waals surface area contributed by atoms with Crippen molar-refractivity contribution in [3.8, 4) is 0 Å². The molecule has 2 aromatic rings. The van der Waals surface area contributed by atoms with Gasteiger partial charge in [0.2, 0.25) is 0 Å². The summed E-state index contributed by atoms with van der Waals surface area (Å²) in [6, 6.07) is 14.7. The third-order valence-electron chi connectivity index (χ3n) is 4.86. The minimum Gasteiger partial charge on any atom is -0.411 e. The van der Waals surface area contributed by atoms with Crippen LogP contribution in [0.1, 0.15) is 24.0 Å². The molecule has 2 aromatic carbocycles. The quantitative estimate of drug-likeness (QED) is 0.160. The van der Waals surface area contributed by atoms with Crippen LogP contribution in [0.15, 0.2) is 58.6 Å². The fraction of sp³-hybridized carbons (Fsp3) is 0.381. The van der Waals surface area contributed by atoms with E-state index in [1.807, 2.05) is 36.4 Å². The van der Waals surface area contributed by atoms with Crippen LogP contribution in [0.25, 0.3) is 0 Å². The number of ether oxygens (including phenoxy) is 2. The number of hydrogen-bond acceptors (Lipinski definition) is 6. The van der Waals surface area contributed by atoms with Crippen LogP contribution in [-0.2, 0) is 15.1 Å². The smallest absolute Gasteiger partial charge is 0.124 e. The van der Waals surface area contributed by atoms with Crippen molar-refractivity contribution in [1.82, 2.24) is 0 Å². The molecule has 0 atom stereocenters. The molecule has 1 saturated heterocycles. The molecule has 28 heavy (non-hydrogen) atoms. The van der Waals surface area contributed by atoms with E-state index in [2.05, 4.69) is 5.16 Å². The Morgan fingerprint density at radius 1 is 1.21 bits per heavy atom. The van der Waals surface area contributed by atoms with Gasteiger partial charge in [-0.3, -0.25) is 0 Å². The van der Waals surface area contributed by atoms with Crippen LogP contribution >= 0.6 is 23.5 Å². The van der Waals surface area contributed by atoms with Crippen molar-refractivity contribution in [3.63, 3.8) is 0 Å². The highest BCUT2D eigenvalue weighted by Gasteiger charge is 2.35. The van der Waals surface area contributed by atoms with Crippen molar-refractivity contribution >= 4 is 29.2 Å². The van der Waals surface area contributed by atoms with Crippen LogP contribution in [0.5, 0.6) is 0 Å². The van der Waals surface area contributed by atoms with Crippen molar-refractivity contribution in [2.75, 3.05) is 31.2 Å². The molecule has 0 aliphatic carbocycles. The molecule has 3 rings (SSSR count). The Labute approximate surface area is 173 Å². The summed E-state index contributed by atoms with van der Waals surface area (Å²) in [5.41, 5.74) is 1.92. The molecule has 0 radical (unpaired) electrons. The zero-order valence-corrected chi connectivity index (χ0v) is 17.4. The Morgan fingerprint density at radius 2 is 1.96 bits per heavy atom. The molecule has 0 saturated carbocycles. The van der Waals surface area contributed by atoms with Crippen LogP contribution in [0.3, 0.4) is 0 Å². The highest BCUT2D eigenvalue weighted by molar-refractivity contribution is 8.16. The Morgan fingerprint density at radius 3 is 2.64 bits per heavy atom. The largest absolute Gasteiger partial charge is 0.411 e. The molecule has 1 aliphatic heterocycles. The van der Waals surface area contributed by atoms with E-state index in [9.17, 15) is 9.60 Å². The maximum absolute atomic E-state index is 14.2. The topological polar surface area (TPSA) is 51.0 Å². The Balaban J connectivity index is 1.61. The highest BCUT2D eigenvalue weighted by Crippen LogP contribution is 2.38. The normalized spacial score (nSPS) is 16.9. The van der Waals surface area contributed by atoms with Gasteiger partial charge in [-0.25, -0.2) is 4.39 Å². The molecule has 0 bridgehead atoms. The summed E-state index contributed by atoms with van der Waals surface area (Å²) >= 11 is 3.20. The summed E-state index contributed by atoms with van der Waals surface area (Å²) in [6.07, 6.45) is 1.44. The third kappa shape index (κ3) is 5.29. The highest BCUT2D eigenvalue weighted by atomic mass is 32.2. The SMILES string of the molecule is COC1(c2cc(F)cc(SCSC/C(=N/O)c3ccccc3)c2)CCOCC1. The minimum atomic E-state index is -0.479. The van der Waals surface area contributed by atoms with Crippen LogP contribution in [-0.4, -0.2) is 42.1 Å². The molecule has 7 heteroatoms. The molecule has 150 valence electrons. The van der Waals surface area contributed by atoms with Gasteiger partial charge in [0.1, 0.15) is 5.82 Å². The van der Waals surface area contributed by atoms with Crippen molar-refractivity contribution < 1.29 is 19.1 Å². The second-order valence-corrected chi connectivity index (χ2v) is 8.91. The van der Waals surface area contributed by atoms with Crippen molar-refractivity contribution in [3.05, 3.63) is 65.5 Å². The van der Waals surface area contributed by atoms with Gasteiger partial charge in [-0.15, -0.1) is 23.5 Å². The summed E-state index contributed by atoms with van der Waals surface area (Å²) in [5.74, 6) is 0.324. The molecular weight excluding hydrogens is 397 g/mol. The first-order valence-corrected chi connectivity index (χ1v) is 11.2. The maximum Gasteiger partial charge on any atom is 0.124 e. The summed E-state index contributed by atoms with van der Waals surface area (Å²) in [5, 5.41) is 13.4. The Kier molecular flexibility index (Phi) is 7.79. The number of thioether (sulfide) groups is 2. The van der Waals surface area contributed by atoms with Crippen molar-refractivity contribution in [2.24, 2.45) is 5.16 Å². The zero-order valence-electron chi connectivity index (χ0n) is 15.8. The molecule has 4 nitrogen and oxygen atoms in total. The summed E-state index contributed by atoms with van der Waals surface area (Å²) in [7, 11) is 1.68. The first-order valence-electron chi connectivity index (χ1n) is 9.08. The van der Waals surface area contributed by atoms with Gasteiger partial charge in [0.15, 0.2) is 0 Å². The number of hydrogen-bond donors (Lipinski definition) is 1. The zero-order chi connectivity index (χ0) is 19.8. The molecule has 0 unspecified atom stereocenters. The van der Waals surface area contributed by atoms with E-state index >= 15 is 0 Å². The monoisotopic (exact) mass is 421 g/mol. The van der Waals surface area contributed by atoms with E-state index in [0.717, 1.165) is 33.9 Å². The summed E-state index contributed by atoms with van der Waals surface area (Å²) in [6.45, 7) is 1.23. The predicted octanol–water partition coefficient (Wildman–Crippen LogP) is 5.14. The average Bonchev–Trinajstić information content (AvgIpc) is 2.74. The van der Waals surface area contributed by atoms with Crippen LogP contribution in [0.2, 0.25) is 0 Å². The van der Waals surface area contributed by atoms with Gasteiger partial charge in [0.25, 0.3) is 0 Å². The lowest BCUT2D eigenvalue weighted by atomic mass is 9.86. The van der Waals surface area contributed by atoms with E-state index in [0.29, 0.717) is 24.7 Å². The number of oxime groups is 1. The second-order valence-electron chi connectivity index (χ2n) is 6.51. The van der Waals surface area contributed by atoms with E-state index in [4.69, 9.17) is 9.47 Å². The molecule has 0 amide bonds. The molecule has 0 aromatic heterocycles. The minimum absolute atomic E-state index is 0.255. The predicted molar refractivity (Wildman–Crippen MR) is 113 cm³/mol. The molecule has 1 N–H and O–H groups in total. The first-order chi connectivity index (χ1) is 13.7. The van der Waals surface area contributed by atoms with Gasteiger partial charge in [0, 0.05) is 54.5 Å². The summed E-state index contributed by atoms with van der Waals surface area (Å²) < 4.78 is 25.5. The number of benzene rings is 2. The van der Waals surface area contributed by atoms with Crippen molar-refractivity contribution in [1.29, 1.82) is 0 Å². The van der Waals surface area contributed by atoms with Gasteiger partial charge < -0.3 is 14.7 Å². The lowest BCUT2D eigenvalue weighted by molar-refractivity contribution is -0.0950. The Hall–Kier alpha value is -1.54. The van der Waals surface area contributed by atoms with E-state index in [1.165, 1.54) is 0 Å². The number of methoxy groups -OCH3 is 1. The number of rotatable bonds is 8. The maximum atomic E-state index is 14.2. The van der Waals surface area contributed by atoms with Gasteiger partial charge in [-0.05, 0) is 23.8 Å². The van der Waals surface area contributed by atoms with Gasteiger partial charge in [-0.1, -0.05) is 35.5 Å². The van der Waals surface area contributed by atoms with E-state index < -0.39 is 5.60 Å². The van der Waals surface area contributed by atoms with Crippen LogP contribution in [0.4, 0.5) is 4.39 Å². The van der Waals surface area contributed by atoms with Gasteiger partial charge in [-0.2, -0.15) is 0 Å². The number of halogens is 1. The Bertz CT molecular complexity index is 795. The standard InChI is InChI=1S/C21H24FNO3S2/c1-25-21(7-9-26-10-8-21)17-11-18(22)13-19(12-17)28-15-27-14-20(23-24)16-5-3-2-4-6-16/h2-6,11-13,24H,7-10,14-15H2,1H3/b23-20-. The lowest BCUT2D eigenvalue weighted by Gasteiger charge is -2.36. The van der Waals surface area contributed by atoms with Crippen LogP contribution in [0, 0.1) is 5.82 Å². The molecule has 0 spiro atoms. The van der Waals surface area contributed by atoms with Crippen molar-refractivity contribution in [2.45, 2.75) is 23.3 Å². The molecule has 1 fully saturated rings. The third-order valence-corrected chi connectivity index (χ3v) is 7.05. The fourth-order valence-electron chi connectivity index (χ4n) is 3.27. The molecule has 1 heterocycles. The van der Waals surface area contributed by atoms with E-state index in [-0.39, 0.29) is 5.82 Å².